The summed E-state index contributed by atoms with van der Waals surface area (Å²) in [6, 6.07) is 5.47. The molecule has 1 aliphatic rings. The van der Waals surface area contributed by atoms with E-state index in [4.69, 9.17) is 18.9 Å². The Morgan fingerprint density at radius 1 is 1.20 bits per heavy atom. The smallest absolute Gasteiger partial charge is 0.310 e. The molecule has 0 radical (unpaired) electrons. The molecule has 0 aromatic heterocycles. The first-order valence-corrected chi connectivity index (χ1v) is 10.1. The fourth-order valence-electron chi connectivity index (χ4n) is 3.28. The third-order valence-electron chi connectivity index (χ3n) is 4.75. The van der Waals surface area contributed by atoms with Crippen LogP contribution >= 0.6 is 24.0 Å². The molecule has 9 heteroatoms. The number of hydrogen-bond donors (Lipinski definition) is 1. The molecule has 1 heterocycles. The summed E-state index contributed by atoms with van der Waals surface area (Å²) in [5, 5.41) is 3.36. The molecule has 1 atom stereocenters. The fourth-order valence-corrected chi connectivity index (χ4v) is 3.28. The maximum absolute atomic E-state index is 12.0. The minimum atomic E-state index is -0.116. The number of hydrogen-bond acceptors (Lipinski definition) is 6. The zero-order valence-electron chi connectivity index (χ0n) is 18.3. The van der Waals surface area contributed by atoms with E-state index in [1.54, 1.807) is 27.3 Å². The summed E-state index contributed by atoms with van der Waals surface area (Å²) in [5.74, 6) is 2.70. The Balaban J connectivity index is 0.00000450. The van der Waals surface area contributed by atoms with Gasteiger partial charge < -0.3 is 29.2 Å². The van der Waals surface area contributed by atoms with Crippen molar-refractivity contribution in [2.75, 3.05) is 54.1 Å². The molecule has 1 saturated heterocycles. The Morgan fingerprint density at radius 2 is 1.87 bits per heavy atom. The van der Waals surface area contributed by atoms with Crippen LogP contribution in [0, 0.1) is 5.92 Å². The summed E-state index contributed by atoms with van der Waals surface area (Å²) >= 11 is 0. The molecule has 30 heavy (non-hydrogen) atoms. The number of carbonyl (C=O) groups excluding carboxylic acids is 1. The molecule has 0 bridgehead atoms. The quantitative estimate of drug-likeness (QED) is 0.171. The number of ether oxygens (including phenoxy) is 4. The van der Waals surface area contributed by atoms with E-state index in [1.165, 1.54) is 0 Å². The molecule has 2 rings (SSSR count). The molecule has 8 nitrogen and oxygen atoms in total. The van der Waals surface area contributed by atoms with Crippen molar-refractivity contribution in [3.8, 4) is 17.2 Å². The second kappa shape index (κ2) is 14.2. The van der Waals surface area contributed by atoms with Crippen molar-refractivity contribution in [2.24, 2.45) is 10.9 Å². The summed E-state index contributed by atoms with van der Waals surface area (Å²) in [5.41, 5.74) is 0. The topological polar surface area (TPSA) is 81.6 Å². The molecule has 0 spiro atoms. The van der Waals surface area contributed by atoms with Crippen molar-refractivity contribution in [3.05, 3.63) is 18.2 Å². The third kappa shape index (κ3) is 8.08. The molecular weight excluding hydrogens is 501 g/mol. The Hall–Kier alpha value is -1.91. The number of guanidine groups is 1. The van der Waals surface area contributed by atoms with Crippen LogP contribution in [0.4, 0.5) is 0 Å². The standard InChI is InChI=1S/C21H33N3O5.HI/c1-5-28-20(25)16-8-6-10-24(15-16)21(22-2)23-9-7-11-29-19-13-17(26-3)12-18(14-19)27-4;/h12-14,16H,5-11,15H2,1-4H3,(H,22,23);1H/t16-;/m1./s1. The first kappa shape index (κ1) is 26.1. The van der Waals surface area contributed by atoms with Crippen molar-refractivity contribution in [1.29, 1.82) is 0 Å². The molecule has 1 fully saturated rings. The van der Waals surface area contributed by atoms with E-state index < -0.39 is 0 Å². The van der Waals surface area contributed by atoms with Crippen molar-refractivity contribution in [2.45, 2.75) is 26.2 Å². The fraction of sp³-hybridized carbons (Fsp3) is 0.619. The van der Waals surface area contributed by atoms with Gasteiger partial charge in [-0.05, 0) is 26.2 Å². The van der Waals surface area contributed by atoms with Crippen molar-refractivity contribution in [3.63, 3.8) is 0 Å². The first-order chi connectivity index (χ1) is 14.1. The molecule has 1 aliphatic heterocycles. The minimum absolute atomic E-state index is 0. The molecule has 1 aromatic rings. The highest BCUT2D eigenvalue weighted by molar-refractivity contribution is 14.0. The predicted octanol–water partition coefficient (Wildman–Crippen LogP) is 2.94. The van der Waals surface area contributed by atoms with Gasteiger partial charge in [-0.2, -0.15) is 0 Å². The van der Waals surface area contributed by atoms with Gasteiger partial charge in [0.1, 0.15) is 17.2 Å². The van der Waals surface area contributed by atoms with E-state index >= 15 is 0 Å². The Bertz CT molecular complexity index is 664. The van der Waals surface area contributed by atoms with Gasteiger partial charge in [-0.3, -0.25) is 9.79 Å². The zero-order valence-corrected chi connectivity index (χ0v) is 20.6. The van der Waals surface area contributed by atoms with Gasteiger partial charge >= 0.3 is 5.97 Å². The number of aliphatic imine (C=N–C) groups is 1. The number of nitrogens with zero attached hydrogens (tertiary/aromatic N) is 2. The molecular formula is C21H34IN3O5. The number of benzene rings is 1. The molecule has 1 N–H and O–H groups in total. The lowest BCUT2D eigenvalue weighted by molar-refractivity contribution is -0.149. The number of carbonyl (C=O) groups is 1. The van der Waals surface area contributed by atoms with Gasteiger partial charge in [-0.1, -0.05) is 0 Å². The zero-order chi connectivity index (χ0) is 21.1. The number of nitrogens with one attached hydrogen (secondary N) is 1. The largest absolute Gasteiger partial charge is 0.496 e. The number of halogens is 1. The number of likely N-dealkylation sites (tertiary alicyclic amines) is 1. The molecule has 1 aromatic carbocycles. The average Bonchev–Trinajstić information content (AvgIpc) is 2.76. The van der Waals surface area contributed by atoms with E-state index in [9.17, 15) is 4.79 Å². The number of esters is 1. The summed E-state index contributed by atoms with van der Waals surface area (Å²) < 4.78 is 21.5. The molecule has 0 amide bonds. The Kier molecular flexibility index (Phi) is 12.3. The van der Waals surface area contributed by atoms with Crippen LogP contribution in [0.3, 0.4) is 0 Å². The van der Waals surface area contributed by atoms with Crippen LogP contribution < -0.4 is 19.5 Å². The van der Waals surface area contributed by atoms with Gasteiger partial charge in [0, 0.05) is 44.9 Å². The van der Waals surface area contributed by atoms with Crippen LogP contribution in [0.15, 0.2) is 23.2 Å². The SMILES string of the molecule is CCOC(=O)[C@@H]1CCCN(C(=NC)NCCCOc2cc(OC)cc(OC)c2)C1.I. The maximum Gasteiger partial charge on any atom is 0.310 e. The normalized spacial score (nSPS) is 16.3. The number of piperidine rings is 1. The van der Waals surface area contributed by atoms with E-state index in [-0.39, 0.29) is 35.9 Å². The molecule has 170 valence electrons. The maximum atomic E-state index is 12.0. The number of methoxy groups -OCH3 is 2. The molecule has 0 saturated carbocycles. The highest BCUT2D eigenvalue weighted by Gasteiger charge is 2.28. The van der Waals surface area contributed by atoms with Crippen LogP contribution in [0.25, 0.3) is 0 Å². The lowest BCUT2D eigenvalue weighted by Gasteiger charge is -2.33. The monoisotopic (exact) mass is 535 g/mol. The van der Waals surface area contributed by atoms with Crippen LogP contribution in [-0.4, -0.2) is 70.9 Å². The van der Waals surface area contributed by atoms with Crippen LogP contribution in [0.2, 0.25) is 0 Å². The van der Waals surface area contributed by atoms with E-state index in [1.807, 2.05) is 19.1 Å². The second-order valence-electron chi connectivity index (χ2n) is 6.76. The number of rotatable bonds is 9. The van der Waals surface area contributed by atoms with Gasteiger partial charge in [0.2, 0.25) is 0 Å². The summed E-state index contributed by atoms with van der Waals surface area (Å²) in [6.07, 6.45) is 2.61. The van der Waals surface area contributed by atoms with Gasteiger partial charge in [-0.25, -0.2) is 0 Å². The van der Waals surface area contributed by atoms with Gasteiger partial charge in [-0.15, -0.1) is 24.0 Å². The second-order valence-corrected chi connectivity index (χ2v) is 6.76. The van der Waals surface area contributed by atoms with Crippen molar-refractivity contribution < 1.29 is 23.7 Å². The first-order valence-electron chi connectivity index (χ1n) is 10.1. The van der Waals surface area contributed by atoms with Crippen molar-refractivity contribution in [1.82, 2.24) is 10.2 Å². The summed E-state index contributed by atoms with van der Waals surface area (Å²) in [4.78, 5) is 18.5. The summed E-state index contributed by atoms with van der Waals surface area (Å²) in [7, 11) is 4.98. The predicted molar refractivity (Wildman–Crippen MR) is 127 cm³/mol. The van der Waals surface area contributed by atoms with Gasteiger partial charge in [0.25, 0.3) is 0 Å². The Morgan fingerprint density at radius 3 is 2.47 bits per heavy atom. The van der Waals surface area contributed by atoms with Crippen LogP contribution in [0.5, 0.6) is 17.2 Å². The van der Waals surface area contributed by atoms with Crippen LogP contribution in [-0.2, 0) is 9.53 Å². The average molecular weight is 535 g/mol. The van der Waals surface area contributed by atoms with E-state index in [0.717, 1.165) is 31.8 Å². The third-order valence-corrected chi connectivity index (χ3v) is 4.75. The van der Waals surface area contributed by atoms with Gasteiger partial charge in [0.15, 0.2) is 5.96 Å². The molecule has 0 unspecified atom stereocenters. The Labute approximate surface area is 196 Å². The highest BCUT2D eigenvalue weighted by Crippen LogP contribution is 2.27. The van der Waals surface area contributed by atoms with Crippen molar-refractivity contribution >= 4 is 35.9 Å². The summed E-state index contributed by atoms with van der Waals surface area (Å²) in [6.45, 7) is 5.04. The van der Waals surface area contributed by atoms with Gasteiger partial charge in [0.05, 0.1) is 33.4 Å². The lowest BCUT2D eigenvalue weighted by Crippen LogP contribution is -2.48. The lowest BCUT2D eigenvalue weighted by atomic mass is 9.98. The van der Waals surface area contributed by atoms with E-state index in [2.05, 4.69) is 15.2 Å². The molecule has 0 aliphatic carbocycles. The van der Waals surface area contributed by atoms with Crippen LogP contribution in [0.1, 0.15) is 26.2 Å². The minimum Gasteiger partial charge on any atom is -0.496 e. The highest BCUT2D eigenvalue weighted by atomic mass is 127. The van der Waals surface area contributed by atoms with E-state index in [0.29, 0.717) is 43.6 Å².